The lowest BCUT2D eigenvalue weighted by atomic mass is 10.1. The van der Waals surface area contributed by atoms with Gasteiger partial charge in [-0.1, -0.05) is 12.1 Å². The summed E-state index contributed by atoms with van der Waals surface area (Å²) in [6.07, 6.45) is -9.74. The summed E-state index contributed by atoms with van der Waals surface area (Å²) in [6, 6.07) is 6.96. The maximum atomic E-state index is 13.8. The second-order valence-corrected chi connectivity index (χ2v) is 6.97. The fraction of sp³-hybridized carbons (Fsp3) is 0.0909. The highest BCUT2D eigenvalue weighted by Gasteiger charge is 2.35. The Morgan fingerprint density at radius 1 is 0.657 bits per heavy atom. The third-order valence-corrected chi connectivity index (χ3v) is 4.47. The molecule has 3 aromatic carbocycles. The Kier molecular flexibility index (Phi) is 6.99. The average molecular weight is 503 g/mol. The predicted molar refractivity (Wildman–Crippen MR) is 110 cm³/mol. The molecule has 0 saturated carbocycles. The van der Waals surface area contributed by atoms with Crippen molar-refractivity contribution in [1.82, 2.24) is 0 Å². The van der Waals surface area contributed by atoms with Gasteiger partial charge in [-0.15, -0.1) is 0 Å². The molecular weight excluding hydrogens is 490 g/mol. The monoisotopic (exact) mass is 503 g/mol. The summed E-state index contributed by atoms with van der Waals surface area (Å²) in [6.45, 7) is 0. The third kappa shape index (κ3) is 6.25. The van der Waals surface area contributed by atoms with E-state index in [4.69, 9.17) is 0 Å². The molecular formula is C22H13F8N3O2. The van der Waals surface area contributed by atoms with E-state index in [1.807, 2.05) is 5.32 Å². The number of hydrogen-bond donors (Lipinski definition) is 3. The lowest BCUT2D eigenvalue weighted by molar-refractivity contribution is -0.138. The lowest BCUT2D eigenvalue weighted by Gasteiger charge is -2.16. The summed E-state index contributed by atoms with van der Waals surface area (Å²) in [5, 5.41) is 5.87. The van der Waals surface area contributed by atoms with Gasteiger partial charge in [-0.3, -0.25) is 4.79 Å². The lowest BCUT2D eigenvalue weighted by Crippen LogP contribution is -2.21. The number of rotatable bonds is 4. The minimum Gasteiger partial charge on any atom is -0.321 e. The van der Waals surface area contributed by atoms with Crippen LogP contribution >= 0.6 is 0 Å². The smallest absolute Gasteiger partial charge is 0.321 e. The van der Waals surface area contributed by atoms with E-state index < -0.39 is 64.0 Å². The highest BCUT2D eigenvalue weighted by molar-refractivity contribution is 6.05. The highest BCUT2D eigenvalue weighted by atomic mass is 19.4. The van der Waals surface area contributed by atoms with Crippen molar-refractivity contribution >= 4 is 29.0 Å². The molecule has 0 atom stereocenters. The van der Waals surface area contributed by atoms with Crippen LogP contribution in [0.2, 0.25) is 0 Å². The fourth-order valence-electron chi connectivity index (χ4n) is 2.93. The van der Waals surface area contributed by atoms with Gasteiger partial charge in [0.1, 0.15) is 17.2 Å². The quantitative estimate of drug-likeness (QED) is 0.339. The van der Waals surface area contributed by atoms with Gasteiger partial charge in [0.15, 0.2) is 0 Å². The number of amides is 3. The maximum absolute atomic E-state index is 13.8. The van der Waals surface area contributed by atoms with Crippen molar-refractivity contribution in [2.75, 3.05) is 16.0 Å². The van der Waals surface area contributed by atoms with Crippen molar-refractivity contribution in [2.45, 2.75) is 12.4 Å². The van der Waals surface area contributed by atoms with E-state index in [0.29, 0.717) is 12.1 Å². The molecule has 3 N–H and O–H groups in total. The first-order valence-electron chi connectivity index (χ1n) is 9.47. The zero-order valence-electron chi connectivity index (χ0n) is 17.1. The molecule has 184 valence electrons. The Morgan fingerprint density at radius 2 is 1.23 bits per heavy atom. The molecule has 0 aliphatic carbocycles. The Labute approximate surface area is 191 Å². The fourth-order valence-corrected chi connectivity index (χ4v) is 2.93. The summed E-state index contributed by atoms with van der Waals surface area (Å²) in [4.78, 5) is 24.3. The van der Waals surface area contributed by atoms with Crippen LogP contribution in [0, 0.1) is 11.6 Å². The Bertz CT molecular complexity index is 1250. The average Bonchev–Trinajstić information content (AvgIpc) is 2.73. The summed E-state index contributed by atoms with van der Waals surface area (Å²) in [5.41, 5.74) is -5.17. The van der Waals surface area contributed by atoms with Gasteiger partial charge in [0.25, 0.3) is 5.91 Å². The standard InChI is InChI=1S/C22H13F8N3O2/c23-15-5-2-6-16(24)18(15)19(34)33-17-8-7-13(10-14(17)22(28,29)30)32-20(35)31-12-4-1-3-11(9-12)21(25,26)27/h1-10H,(H,33,34)(H2,31,32,35). The molecule has 0 heterocycles. The van der Waals surface area contributed by atoms with Crippen molar-refractivity contribution in [1.29, 1.82) is 0 Å². The van der Waals surface area contributed by atoms with Crippen molar-refractivity contribution in [3.63, 3.8) is 0 Å². The van der Waals surface area contributed by atoms with Crippen LogP contribution < -0.4 is 16.0 Å². The van der Waals surface area contributed by atoms with Crippen LogP contribution in [0.1, 0.15) is 21.5 Å². The molecule has 0 spiro atoms. The summed E-state index contributed by atoms with van der Waals surface area (Å²) < 4.78 is 107. The first kappa shape index (κ1) is 25.5. The van der Waals surface area contributed by atoms with Crippen molar-refractivity contribution in [3.8, 4) is 0 Å². The molecule has 0 aliphatic heterocycles. The highest BCUT2D eigenvalue weighted by Crippen LogP contribution is 2.37. The Hall–Kier alpha value is -4.16. The van der Waals surface area contributed by atoms with Gasteiger partial charge >= 0.3 is 18.4 Å². The molecule has 0 aromatic heterocycles. The molecule has 35 heavy (non-hydrogen) atoms. The molecule has 3 rings (SSSR count). The van der Waals surface area contributed by atoms with Gasteiger partial charge in [0.05, 0.1) is 16.8 Å². The molecule has 3 aromatic rings. The number of nitrogens with one attached hydrogen (secondary N) is 3. The number of alkyl halides is 6. The number of anilines is 3. The zero-order valence-corrected chi connectivity index (χ0v) is 17.1. The van der Waals surface area contributed by atoms with Crippen LogP contribution in [-0.4, -0.2) is 11.9 Å². The zero-order chi connectivity index (χ0) is 26.0. The number of urea groups is 1. The van der Waals surface area contributed by atoms with Gasteiger partial charge < -0.3 is 16.0 Å². The second-order valence-electron chi connectivity index (χ2n) is 6.97. The van der Waals surface area contributed by atoms with E-state index in [2.05, 4.69) is 5.32 Å². The third-order valence-electron chi connectivity index (χ3n) is 4.47. The predicted octanol–water partition coefficient (Wildman–Crippen LogP) is 6.90. The van der Waals surface area contributed by atoms with Crippen molar-refractivity contribution < 1.29 is 44.7 Å². The number of carbonyl (C=O) groups is 2. The Morgan fingerprint density at radius 3 is 1.80 bits per heavy atom. The number of hydrogen-bond acceptors (Lipinski definition) is 2. The Balaban J connectivity index is 1.81. The summed E-state index contributed by atoms with van der Waals surface area (Å²) in [7, 11) is 0. The van der Waals surface area contributed by atoms with E-state index >= 15 is 0 Å². The van der Waals surface area contributed by atoms with Crippen LogP contribution in [0.25, 0.3) is 0 Å². The van der Waals surface area contributed by atoms with E-state index in [9.17, 15) is 44.7 Å². The van der Waals surface area contributed by atoms with Gasteiger partial charge in [0, 0.05) is 11.4 Å². The maximum Gasteiger partial charge on any atom is 0.418 e. The SMILES string of the molecule is O=C(Nc1cccc(C(F)(F)F)c1)Nc1ccc(NC(=O)c2c(F)cccc2F)c(C(F)(F)F)c1. The van der Waals surface area contributed by atoms with E-state index in [-0.39, 0.29) is 5.69 Å². The van der Waals surface area contributed by atoms with Crippen molar-refractivity contribution in [3.05, 3.63) is 89.0 Å². The molecule has 3 amide bonds. The van der Waals surface area contributed by atoms with Gasteiger partial charge in [-0.25, -0.2) is 13.6 Å². The minimum atomic E-state index is -5.06. The second kappa shape index (κ2) is 9.60. The van der Waals surface area contributed by atoms with Crippen molar-refractivity contribution in [2.24, 2.45) is 0 Å². The largest absolute Gasteiger partial charge is 0.418 e. The van der Waals surface area contributed by atoms with E-state index in [0.717, 1.165) is 48.5 Å². The molecule has 0 fully saturated rings. The summed E-state index contributed by atoms with van der Waals surface area (Å²) >= 11 is 0. The molecule has 0 bridgehead atoms. The van der Waals surface area contributed by atoms with Gasteiger partial charge in [0.2, 0.25) is 0 Å². The number of halogens is 8. The van der Waals surface area contributed by atoms with E-state index in [1.54, 1.807) is 5.32 Å². The van der Waals surface area contributed by atoms with Crippen LogP contribution in [0.3, 0.4) is 0 Å². The first-order valence-corrected chi connectivity index (χ1v) is 9.47. The minimum absolute atomic E-state index is 0.274. The number of benzene rings is 3. The normalized spacial score (nSPS) is 11.7. The van der Waals surface area contributed by atoms with Gasteiger partial charge in [-0.2, -0.15) is 26.3 Å². The molecule has 0 saturated heterocycles. The first-order chi connectivity index (χ1) is 16.3. The van der Waals surface area contributed by atoms with Crippen LogP contribution in [-0.2, 0) is 12.4 Å². The molecule has 0 aliphatic rings. The molecule has 0 radical (unpaired) electrons. The topological polar surface area (TPSA) is 70.2 Å². The van der Waals surface area contributed by atoms with Crippen LogP contribution in [0.15, 0.2) is 60.7 Å². The molecule has 5 nitrogen and oxygen atoms in total. The van der Waals surface area contributed by atoms with E-state index in [1.165, 1.54) is 0 Å². The number of carbonyl (C=O) groups excluding carboxylic acids is 2. The molecule has 13 heteroatoms. The van der Waals surface area contributed by atoms with Crippen LogP contribution in [0.4, 0.5) is 57.0 Å². The molecule has 0 unspecified atom stereocenters. The van der Waals surface area contributed by atoms with Crippen LogP contribution in [0.5, 0.6) is 0 Å². The van der Waals surface area contributed by atoms with Gasteiger partial charge in [-0.05, 0) is 48.5 Å². The summed E-state index contributed by atoms with van der Waals surface area (Å²) in [5.74, 6) is -4.06.